The predicted molar refractivity (Wildman–Crippen MR) is 74.4 cm³/mol. The summed E-state index contributed by atoms with van der Waals surface area (Å²) >= 11 is 0. The summed E-state index contributed by atoms with van der Waals surface area (Å²) in [5.74, 6) is 0.860. The van der Waals surface area contributed by atoms with E-state index in [4.69, 9.17) is 9.57 Å². The zero-order chi connectivity index (χ0) is 13.1. The molecule has 2 aromatic carbocycles. The lowest BCUT2D eigenvalue weighted by Gasteiger charge is -2.27. The van der Waals surface area contributed by atoms with E-state index in [-0.39, 0.29) is 6.10 Å². The first-order valence-electron chi connectivity index (χ1n) is 6.29. The highest BCUT2D eigenvalue weighted by Gasteiger charge is 2.26. The third-order valence-corrected chi connectivity index (χ3v) is 3.22. The molecule has 1 aliphatic rings. The SMILES string of the molecule is CO/N=C1/C[C@@H](c2ccccc2)Oc2ccccc21. The Kier molecular flexibility index (Phi) is 3.19. The van der Waals surface area contributed by atoms with Crippen molar-refractivity contribution < 1.29 is 9.57 Å². The van der Waals surface area contributed by atoms with Gasteiger partial charge in [-0.3, -0.25) is 0 Å². The standard InChI is InChI=1S/C16H15NO2/c1-18-17-14-11-16(12-7-3-2-4-8-12)19-15-10-6-5-9-13(14)15/h2-10,16H,11H2,1H3/b17-14-/t16-/m0/s1. The molecule has 2 aromatic rings. The van der Waals surface area contributed by atoms with Gasteiger partial charge in [-0.1, -0.05) is 47.6 Å². The van der Waals surface area contributed by atoms with Crippen molar-refractivity contribution in [2.45, 2.75) is 12.5 Å². The van der Waals surface area contributed by atoms with Crippen molar-refractivity contribution in [3.63, 3.8) is 0 Å². The summed E-state index contributed by atoms with van der Waals surface area (Å²) in [7, 11) is 1.57. The molecule has 0 amide bonds. The van der Waals surface area contributed by atoms with E-state index in [0.29, 0.717) is 0 Å². The molecule has 0 aromatic heterocycles. The molecule has 0 radical (unpaired) electrons. The van der Waals surface area contributed by atoms with Crippen molar-refractivity contribution >= 4 is 5.71 Å². The lowest BCUT2D eigenvalue weighted by Crippen LogP contribution is -2.21. The summed E-state index contributed by atoms with van der Waals surface area (Å²) in [6.45, 7) is 0. The Morgan fingerprint density at radius 1 is 1.05 bits per heavy atom. The minimum atomic E-state index is -0.00926. The number of fused-ring (bicyclic) bond motifs is 1. The monoisotopic (exact) mass is 253 g/mol. The number of rotatable bonds is 2. The molecule has 3 heteroatoms. The van der Waals surface area contributed by atoms with E-state index in [1.165, 1.54) is 0 Å². The largest absolute Gasteiger partial charge is 0.485 e. The van der Waals surface area contributed by atoms with Crippen LogP contribution in [0.1, 0.15) is 23.7 Å². The molecule has 3 nitrogen and oxygen atoms in total. The molecule has 1 atom stereocenters. The molecular weight excluding hydrogens is 238 g/mol. The van der Waals surface area contributed by atoms with Crippen LogP contribution < -0.4 is 4.74 Å². The van der Waals surface area contributed by atoms with Gasteiger partial charge in [-0.15, -0.1) is 0 Å². The minimum Gasteiger partial charge on any atom is -0.485 e. The molecule has 0 bridgehead atoms. The summed E-state index contributed by atoms with van der Waals surface area (Å²) in [6.07, 6.45) is 0.708. The van der Waals surface area contributed by atoms with Crippen LogP contribution in [0.2, 0.25) is 0 Å². The van der Waals surface area contributed by atoms with Gasteiger partial charge in [-0.05, 0) is 17.7 Å². The second-order valence-electron chi connectivity index (χ2n) is 4.44. The number of hydrogen-bond acceptors (Lipinski definition) is 3. The quantitative estimate of drug-likeness (QED) is 0.766. The van der Waals surface area contributed by atoms with E-state index in [9.17, 15) is 0 Å². The van der Waals surface area contributed by atoms with Crippen LogP contribution in [0.4, 0.5) is 0 Å². The molecule has 0 N–H and O–H groups in total. The zero-order valence-electron chi connectivity index (χ0n) is 10.7. The first-order chi connectivity index (χ1) is 9.38. The summed E-state index contributed by atoms with van der Waals surface area (Å²) in [5, 5.41) is 4.14. The molecule has 0 fully saturated rings. The van der Waals surface area contributed by atoms with E-state index in [1.54, 1.807) is 7.11 Å². The average Bonchev–Trinajstić information content (AvgIpc) is 2.48. The van der Waals surface area contributed by atoms with Gasteiger partial charge >= 0.3 is 0 Å². The molecule has 1 aliphatic heterocycles. The van der Waals surface area contributed by atoms with Crippen LogP contribution in [0.3, 0.4) is 0 Å². The zero-order valence-corrected chi connectivity index (χ0v) is 10.7. The van der Waals surface area contributed by atoms with Crippen LogP contribution in [-0.4, -0.2) is 12.8 Å². The van der Waals surface area contributed by atoms with Gasteiger partial charge < -0.3 is 9.57 Å². The van der Waals surface area contributed by atoms with Gasteiger partial charge in [0.2, 0.25) is 0 Å². The van der Waals surface area contributed by atoms with E-state index in [1.807, 2.05) is 42.5 Å². The third-order valence-electron chi connectivity index (χ3n) is 3.22. The fourth-order valence-electron chi connectivity index (χ4n) is 2.34. The molecule has 0 aliphatic carbocycles. The first kappa shape index (κ1) is 11.8. The molecule has 0 unspecified atom stereocenters. The Morgan fingerprint density at radius 2 is 1.79 bits per heavy atom. The van der Waals surface area contributed by atoms with Gasteiger partial charge in [0.25, 0.3) is 0 Å². The van der Waals surface area contributed by atoms with Crippen LogP contribution in [0.25, 0.3) is 0 Å². The van der Waals surface area contributed by atoms with Crippen molar-refractivity contribution in [3.05, 3.63) is 65.7 Å². The van der Waals surface area contributed by atoms with Crippen LogP contribution in [0, 0.1) is 0 Å². The molecule has 96 valence electrons. The van der Waals surface area contributed by atoms with Crippen LogP contribution in [-0.2, 0) is 4.84 Å². The smallest absolute Gasteiger partial charge is 0.129 e. The van der Waals surface area contributed by atoms with Gasteiger partial charge in [0, 0.05) is 12.0 Å². The molecule has 1 heterocycles. The number of hydrogen-bond donors (Lipinski definition) is 0. The summed E-state index contributed by atoms with van der Waals surface area (Å²) in [6, 6.07) is 18.1. The maximum Gasteiger partial charge on any atom is 0.129 e. The van der Waals surface area contributed by atoms with Gasteiger partial charge in [0.05, 0.1) is 5.71 Å². The van der Waals surface area contributed by atoms with Crippen LogP contribution >= 0.6 is 0 Å². The number of oxime groups is 1. The topological polar surface area (TPSA) is 30.8 Å². The molecular formula is C16H15NO2. The Morgan fingerprint density at radius 3 is 2.58 bits per heavy atom. The lowest BCUT2D eigenvalue weighted by molar-refractivity contribution is 0.190. The molecule has 19 heavy (non-hydrogen) atoms. The highest BCUT2D eigenvalue weighted by atomic mass is 16.6. The Bertz CT molecular complexity index is 593. The second-order valence-corrected chi connectivity index (χ2v) is 4.44. The van der Waals surface area contributed by atoms with Crippen molar-refractivity contribution in [3.8, 4) is 5.75 Å². The van der Waals surface area contributed by atoms with Crippen LogP contribution in [0.15, 0.2) is 59.8 Å². The maximum absolute atomic E-state index is 6.06. The van der Waals surface area contributed by atoms with Crippen molar-refractivity contribution in [1.82, 2.24) is 0 Å². The fraction of sp³-hybridized carbons (Fsp3) is 0.188. The van der Waals surface area contributed by atoms with E-state index >= 15 is 0 Å². The summed E-state index contributed by atoms with van der Waals surface area (Å²) in [5.41, 5.74) is 3.09. The van der Waals surface area contributed by atoms with E-state index in [2.05, 4.69) is 17.3 Å². The second kappa shape index (κ2) is 5.14. The highest BCUT2D eigenvalue weighted by Crippen LogP contribution is 2.34. The van der Waals surface area contributed by atoms with E-state index in [0.717, 1.165) is 29.0 Å². The fourth-order valence-corrected chi connectivity index (χ4v) is 2.34. The lowest BCUT2D eigenvalue weighted by atomic mass is 9.96. The maximum atomic E-state index is 6.06. The van der Waals surface area contributed by atoms with Crippen molar-refractivity contribution in [2.24, 2.45) is 5.16 Å². The highest BCUT2D eigenvalue weighted by molar-refractivity contribution is 6.03. The number of ether oxygens (including phenoxy) is 1. The summed E-state index contributed by atoms with van der Waals surface area (Å²) in [4.78, 5) is 4.95. The minimum absolute atomic E-state index is 0.00926. The molecule has 0 spiro atoms. The first-order valence-corrected chi connectivity index (χ1v) is 6.29. The predicted octanol–water partition coefficient (Wildman–Crippen LogP) is 3.56. The number of nitrogens with zero attached hydrogens (tertiary/aromatic N) is 1. The van der Waals surface area contributed by atoms with Crippen LogP contribution in [0.5, 0.6) is 5.75 Å². The normalized spacial score (nSPS) is 19.6. The Labute approximate surface area is 112 Å². The van der Waals surface area contributed by atoms with E-state index < -0.39 is 0 Å². The van der Waals surface area contributed by atoms with Gasteiger partial charge in [0.15, 0.2) is 0 Å². The van der Waals surface area contributed by atoms with Crippen molar-refractivity contribution in [1.29, 1.82) is 0 Å². The number of benzene rings is 2. The van der Waals surface area contributed by atoms with Gasteiger partial charge in [-0.25, -0.2) is 0 Å². The summed E-state index contributed by atoms with van der Waals surface area (Å²) < 4.78 is 6.06. The molecule has 0 saturated heterocycles. The number of para-hydroxylation sites is 1. The van der Waals surface area contributed by atoms with Crippen molar-refractivity contribution in [2.75, 3.05) is 7.11 Å². The van der Waals surface area contributed by atoms with Gasteiger partial charge in [0.1, 0.15) is 19.0 Å². The molecule has 0 saturated carbocycles. The Balaban J connectivity index is 2.00. The molecule has 3 rings (SSSR count). The average molecular weight is 253 g/mol. The van der Waals surface area contributed by atoms with Gasteiger partial charge in [-0.2, -0.15) is 0 Å². The Hall–Kier alpha value is -2.29. The third kappa shape index (κ3) is 2.32.